The number of ether oxygens (including phenoxy) is 1. The maximum absolute atomic E-state index is 10.7. The molecule has 0 bridgehead atoms. The molecule has 1 fully saturated rings. The summed E-state index contributed by atoms with van der Waals surface area (Å²) in [6, 6.07) is 3.24. The standard InChI is InChI=1S/C13H19NO4/c1-2-17-10-5-7-14(8-6-10)9-11-3-4-12(18-11)13(15)16/h3-4,10H,2,5-9H2,1H3,(H,15,16). The molecule has 2 rings (SSSR count). The third-order valence-electron chi connectivity index (χ3n) is 3.19. The summed E-state index contributed by atoms with van der Waals surface area (Å²) < 4.78 is 10.8. The van der Waals surface area contributed by atoms with Gasteiger partial charge in [-0.1, -0.05) is 0 Å². The summed E-state index contributed by atoms with van der Waals surface area (Å²) in [7, 11) is 0. The highest BCUT2D eigenvalue weighted by atomic mass is 16.5. The van der Waals surface area contributed by atoms with Gasteiger partial charge in [0, 0.05) is 19.7 Å². The molecule has 0 aliphatic carbocycles. The number of carbonyl (C=O) groups is 1. The molecule has 0 atom stereocenters. The Morgan fingerprint density at radius 1 is 1.50 bits per heavy atom. The summed E-state index contributed by atoms with van der Waals surface area (Å²) >= 11 is 0. The molecule has 0 amide bonds. The molecule has 1 saturated heterocycles. The highest BCUT2D eigenvalue weighted by Gasteiger charge is 2.20. The van der Waals surface area contributed by atoms with Crippen LogP contribution in [0.4, 0.5) is 0 Å². The molecule has 2 heterocycles. The van der Waals surface area contributed by atoms with E-state index in [1.54, 1.807) is 6.07 Å². The first-order chi connectivity index (χ1) is 8.69. The van der Waals surface area contributed by atoms with Gasteiger partial charge in [0.1, 0.15) is 5.76 Å². The number of hydrogen-bond donors (Lipinski definition) is 1. The Morgan fingerprint density at radius 2 is 2.22 bits per heavy atom. The normalized spacial score (nSPS) is 18.1. The van der Waals surface area contributed by atoms with Crippen LogP contribution in [0.1, 0.15) is 36.1 Å². The van der Waals surface area contributed by atoms with Gasteiger partial charge in [0.15, 0.2) is 0 Å². The quantitative estimate of drug-likeness (QED) is 0.869. The molecule has 1 aromatic heterocycles. The molecule has 1 N–H and O–H groups in total. The Hall–Kier alpha value is -1.33. The van der Waals surface area contributed by atoms with Crippen molar-refractivity contribution in [2.75, 3.05) is 19.7 Å². The van der Waals surface area contributed by atoms with E-state index in [1.165, 1.54) is 6.07 Å². The summed E-state index contributed by atoms with van der Waals surface area (Å²) in [5, 5.41) is 8.77. The van der Waals surface area contributed by atoms with Gasteiger partial charge < -0.3 is 14.3 Å². The first-order valence-corrected chi connectivity index (χ1v) is 6.35. The SMILES string of the molecule is CCOC1CCN(Cc2ccc(C(=O)O)o2)CC1. The number of furan rings is 1. The van der Waals surface area contributed by atoms with Gasteiger partial charge in [0.05, 0.1) is 12.6 Å². The van der Waals surface area contributed by atoms with E-state index in [4.69, 9.17) is 14.3 Å². The summed E-state index contributed by atoms with van der Waals surface area (Å²) in [6.07, 6.45) is 2.43. The molecular weight excluding hydrogens is 234 g/mol. The Kier molecular flexibility index (Phi) is 4.38. The van der Waals surface area contributed by atoms with E-state index in [0.29, 0.717) is 18.4 Å². The molecular formula is C13H19NO4. The Balaban J connectivity index is 1.82. The number of nitrogens with zero attached hydrogens (tertiary/aromatic N) is 1. The van der Waals surface area contributed by atoms with Gasteiger partial charge in [-0.3, -0.25) is 4.90 Å². The lowest BCUT2D eigenvalue weighted by Crippen LogP contribution is -2.36. The molecule has 1 aromatic rings. The van der Waals surface area contributed by atoms with Crippen LogP contribution in [0.15, 0.2) is 16.5 Å². The number of carboxylic acid groups (broad SMARTS) is 1. The molecule has 0 aromatic carbocycles. The first-order valence-electron chi connectivity index (χ1n) is 6.35. The number of piperidine rings is 1. The zero-order chi connectivity index (χ0) is 13.0. The minimum Gasteiger partial charge on any atom is -0.475 e. The van der Waals surface area contributed by atoms with E-state index in [1.807, 2.05) is 6.92 Å². The molecule has 0 saturated carbocycles. The van der Waals surface area contributed by atoms with Crippen LogP contribution in [0.3, 0.4) is 0 Å². The highest BCUT2D eigenvalue weighted by Crippen LogP contribution is 2.17. The summed E-state index contributed by atoms with van der Waals surface area (Å²) in [5.74, 6) is -0.298. The molecule has 1 aliphatic rings. The fourth-order valence-electron chi connectivity index (χ4n) is 2.27. The number of likely N-dealkylation sites (tertiary alicyclic amines) is 1. The van der Waals surface area contributed by atoms with Crippen molar-refractivity contribution in [2.45, 2.75) is 32.4 Å². The van der Waals surface area contributed by atoms with Crippen molar-refractivity contribution in [1.82, 2.24) is 4.90 Å². The third kappa shape index (κ3) is 3.34. The van der Waals surface area contributed by atoms with Gasteiger partial charge in [0.25, 0.3) is 0 Å². The van der Waals surface area contributed by atoms with Gasteiger partial charge in [0.2, 0.25) is 5.76 Å². The Morgan fingerprint density at radius 3 is 2.78 bits per heavy atom. The maximum Gasteiger partial charge on any atom is 0.371 e. The zero-order valence-corrected chi connectivity index (χ0v) is 10.6. The molecule has 18 heavy (non-hydrogen) atoms. The van der Waals surface area contributed by atoms with E-state index in [2.05, 4.69) is 4.90 Å². The van der Waals surface area contributed by atoms with Crippen molar-refractivity contribution < 1.29 is 19.1 Å². The summed E-state index contributed by atoms with van der Waals surface area (Å²) in [6.45, 7) is 5.39. The third-order valence-corrected chi connectivity index (χ3v) is 3.19. The van der Waals surface area contributed by atoms with Crippen LogP contribution in [-0.4, -0.2) is 41.8 Å². The Labute approximate surface area is 106 Å². The second kappa shape index (κ2) is 6.02. The molecule has 5 heteroatoms. The van der Waals surface area contributed by atoms with E-state index in [0.717, 1.165) is 32.5 Å². The predicted molar refractivity (Wildman–Crippen MR) is 65.6 cm³/mol. The lowest BCUT2D eigenvalue weighted by molar-refractivity contribution is 0.0111. The number of aromatic carboxylic acids is 1. The van der Waals surface area contributed by atoms with Gasteiger partial charge >= 0.3 is 5.97 Å². The topological polar surface area (TPSA) is 62.9 Å². The zero-order valence-electron chi connectivity index (χ0n) is 10.6. The van der Waals surface area contributed by atoms with Crippen molar-refractivity contribution in [3.63, 3.8) is 0 Å². The van der Waals surface area contributed by atoms with Gasteiger partial charge in [-0.25, -0.2) is 4.79 Å². The van der Waals surface area contributed by atoms with Crippen molar-refractivity contribution in [3.8, 4) is 0 Å². The monoisotopic (exact) mass is 253 g/mol. The lowest BCUT2D eigenvalue weighted by Gasteiger charge is -2.30. The second-order valence-electron chi connectivity index (χ2n) is 4.50. The summed E-state index contributed by atoms with van der Waals surface area (Å²) in [4.78, 5) is 13.0. The van der Waals surface area contributed by atoms with Crippen molar-refractivity contribution >= 4 is 5.97 Å². The average Bonchev–Trinajstić information content (AvgIpc) is 2.81. The van der Waals surface area contributed by atoms with Crippen LogP contribution in [0.2, 0.25) is 0 Å². The van der Waals surface area contributed by atoms with E-state index in [9.17, 15) is 4.79 Å². The molecule has 0 spiro atoms. The van der Waals surface area contributed by atoms with Crippen LogP contribution >= 0.6 is 0 Å². The number of carboxylic acids is 1. The smallest absolute Gasteiger partial charge is 0.371 e. The van der Waals surface area contributed by atoms with Crippen molar-refractivity contribution in [2.24, 2.45) is 0 Å². The first kappa shape index (κ1) is 13.1. The van der Waals surface area contributed by atoms with E-state index in [-0.39, 0.29) is 5.76 Å². The Bertz CT molecular complexity index is 393. The van der Waals surface area contributed by atoms with E-state index < -0.39 is 5.97 Å². The number of rotatable bonds is 5. The van der Waals surface area contributed by atoms with Gasteiger partial charge in [-0.2, -0.15) is 0 Å². The van der Waals surface area contributed by atoms with Crippen molar-refractivity contribution in [1.29, 1.82) is 0 Å². The van der Waals surface area contributed by atoms with Gasteiger partial charge in [-0.15, -0.1) is 0 Å². The predicted octanol–water partition coefficient (Wildman–Crippen LogP) is 1.98. The van der Waals surface area contributed by atoms with Crippen LogP contribution in [-0.2, 0) is 11.3 Å². The van der Waals surface area contributed by atoms with Gasteiger partial charge in [-0.05, 0) is 31.9 Å². The largest absolute Gasteiger partial charge is 0.475 e. The second-order valence-corrected chi connectivity index (χ2v) is 4.50. The van der Waals surface area contributed by atoms with E-state index >= 15 is 0 Å². The molecule has 0 unspecified atom stereocenters. The van der Waals surface area contributed by atoms with Crippen LogP contribution in [0, 0.1) is 0 Å². The maximum atomic E-state index is 10.7. The minimum atomic E-state index is -1.02. The lowest BCUT2D eigenvalue weighted by atomic mass is 10.1. The highest BCUT2D eigenvalue weighted by molar-refractivity contribution is 5.84. The number of hydrogen-bond acceptors (Lipinski definition) is 4. The van der Waals surface area contributed by atoms with Crippen molar-refractivity contribution in [3.05, 3.63) is 23.7 Å². The molecule has 5 nitrogen and oxygen atoms in total. The molecule has 100 valence electrons. The fraction of sp³-hybridized carbons (Fsp3) is 0.615. The minimum absolute atomic E-state index is 0.00852. The average molecular weight is 253 g/mol. The summed E-state index contributed by atoms with van der Waals surface area (Å²) in [5.41, 5.74) is 0. The fourth-order valence-corrected chi connectivity index (χ4v) is 2.27. The molecule has 0 radical (unpaired) electrons. The van der Waals surface area contributed by atoms with Crippen LogP contribution in [0.25, 0.3) is 0 Å². The van der Waals surface area contributed by atoms with Crippen LogP contribution in [0.5, 0.6) is 0 Å². The molecule has 1 aliphatic heterocycles. The van der Waals surface area contributed by atoms with Crippen LogP contribution < -0.4 is 0 Å².